The molecule has 2 heterocycles. The summed E-state index contributed by atoms with van der Waals surface area (Å²) in [4.78, 5) is 54.8. The molecule has 10 nitrogen and oxygen atoms in total. The van der Waals surface area contributed by atoms with Crippen molar-refractivity contribution in [1.29, 1.82) is 0 Å². The molecule has 3 aromatic rings. The van der Waals surface area contributed by atoms with Crippen LogP contribution < -0.4 is 30.5 Å². The number of amides is 4. The van der Waals surface area contributed by atoms with Crippen molar-refractivity contribution in [3.63, 3.8) is 0 Å². The van der Waals surface area contributed by atoms with Gasteiger partial charge in [-0.2, -0.15) is 0 Å². The van der Waals surface area contributed by atoms with Crippen LogP contribution in [0, 0.1) is 0 Å². The summed E-state index contributed by atoms with van der Waals surface area (Å²) in [6, 6.07) is 15.6. The zero-order valence-corrected chi connectivity index (χ0v) is 23.9. The Bertz CT molecular complexity index is 1440. The number of likely N-dealkylation sites (N-methyl/N-ethyl adjacent to an activating group) is 1. The van der Waals surface area contributed by atoms with Crippen molar-refractivity contribution in [2.75, 3.05) is 37.0 Å². The predicted octanol–water partition coefficient (Wildman–Crippen LogP) is 2.98. The summed E-state index contributed by atoms with van der Waals surface area (Å²) < 4.78 is 5.66. The fourth-order valence-electron chi connectivity index (χ4n) is 4.99. The molecular formula is C31H37N5O5. The Hall–Kier alpha value is -4.44. The second-order valence-electron chi connectivity index (χ2n) is 10.2. The molecule has 0 radical (unpaired) electrons. The highest BCUT2D eigenvalue weighted by atomic mass is 16.5. The molecule has 4 amide bonds. The quantitative estimate of drug-likeness (QED) is 0.383. The highest BCUT2D eigenvalue weighted by Gasteiger charge is 2.25. The van der Waals surface area contributed by atoms with E-state index in [2.05, 4.69) is 16.0 Å². The molecule has 0 aromatic heterocycles. The summed E-state index contributed by atoms with van der Waals surface area (Å²) in [5, 5.41) is 10.5. The normalized spacial score (nSPS) is 15.8. The van der Waals surface area contributed by atoms with Crippen molar-refractivity contribution < 1.29 is 23.9 Å². The second-order valence-corrected chi connectivity index (χ2v) is 10.2. The topological polar surface area (TPSA) is 120 Å². The van der Waals surface area contributed by atoms with Gasteiger partial charge in [0.2, 0.25) is 18.2 Å². The van der Waals surface area contributed by atoms with E-state index in [4.69, 9.17) is 4.74 Å². The van der Waals surface area contributed by atoms with Crippen LogP contribution in [0.15, 0.2) is 54.6 Å². The van der Waals surface area contributed by atoms with Gasteiger partial charge in [0.05, 0.1) is 31.1 Å². The third-order valence-corrected chi connectivity index (χ3v) is 7.33. The molecule has 3 N–H and O–H groups in total. The third-order valence-electron chi connectivity index (χ3n) is 7.33. The molecule has 5 rings (SSSR count). The Morgan fingerprint density at radius 2 is 1.85 bits per heavy atom. The van der Waals surface area contributed by atoms with E-state index in [1.807, 2.05) is 43.3 Å². The molecule has 41 heavy (non-hydrogen) atoms. The first kappa shape index (κ1) is 29.5. The SMILES string of the molecule is CN[C@@H](C)C(=O)N[C@H](C)CN1C(=O)CCCNC(=O)c2ccc3c(c(OC)ccc3c2)CN(C=O)c2ccccc21. The number of fused-ring (bicyclic) bond motifs is 8. The van der Waals surface area contributed by atoms with Crippen LogP contribution in [-0.2, 0) is 20.9 Å². The average molecular weight is 560 g/mol. The molecule has 2 atom stereocenters. The maximum absolute atomic E-state index is 13.7. The number of carbonyl (C=O) groups is 4. The van der Waals surface area contributed by atoms with Crippen LogP contribution >= 0.6 is 0 Å². The van der Waals surface area contributed by atoms with E-state index in [0.29, 0.717) is 35.7 Å². The fourth-order valence-corrected chi connectivity index (χ4v) is 4.99. The zero-order chi connectivity index (χ0) is 29.5. The van der Waals surface area contributed by atoms with Gasteiger partial charge in [0.25, 0.3) is 5.91 Å². The Morgan fingerprint density at radius 1 is 1.10 bits per heavy atom. The van der Waals surface area contributed by atoms with Crippen molar-refractivity contribution in [3.8, 4) is 5.75 Å². The maximum Gasteiger partial charge on any atom is 0.251 e. The summed E-state index contributed by atoms with van der Waals surface area (Å²) in [6.07, 6.45) is 1.33. The molecule has 0 unspecified atom stereocenters. The van der Waals surface area contributed by atoms with Gasteiger partial charge in [-0.1, -0.05) is 24.3 Å². The van der Waals surface area contributed by atoms with Crippen molar-refractivity contribution in [2.24, 2.45) is 0 Å². The number of anilines is 2. The van der Waals surface area contributed by atoms with Gasteiger partial charge in [-0.25, -0.2) is 0 Å². The van der Waals surface area contributed by atoms with E-state index in [1.54, 1.807) is 49.1 Å². The van der Waals surface area contributed by atoms with E-state index in [9.17, 15) is 19.2 Å². The summed E-state index contributed by atoms with van der Waals surface area (Å²) >= 11 is 0. The number of hydrogen-bond acceptors (Lipinski definition) is 6. The molecule has 0 saturated carbocycles. The molecular weight excluding hydrogens is 522 g/mol. The van der Waals surface area contributed by atoms with Crippen molar-refractivity contribution in [1.82, 2.24) is 16.0 Å². The largest absolute Gasteiger partial charge is 0.496 e. The lowest BCUT2D eigenvalue weighted by Crippen LogP contribution is -2.49. The van der Waals surface area contributed by atoms with Crippen LogP contribution in [0.5, 0.6) is 5.75 Å². The molecule has 216 valence electrons. The van der Waals surface area contributed by atoms with Gasteiger partial charge >= 0.3 is 0 Å². The van der Waals surface area contributed by atoms with Crippen LogP contribution in [0.4, 0.5) is 11.4 Å². The standard InChI is InChI=1S/C31H37N5O5/c1-20(34-30(39)21(2)32-3)17-36-27-9-6-5-8-26(27)35(19-37)18-25-24-13-11-23(16-22(24)12-14-28(25)41-4)31(40)33-15-7-10-29(36)38/h5-6,8-9,11-14,16,19-21,32H,7,10,15,17-18H2,1-4H3,(H,33,40)(H,34,39)/t20-,21+/m1/s1. The number of para-hydroxylation sites is 2. The summed E-state index contributed by atoms with van der Waals surface area (Å²) in [7, 11) is 3.28. The van der Waals surface area contributed by atoms with E-state index in [1.165, 1.54) is 0 Å². The van der Waals surface area contributed by atoms with Crippen LogP contribution in [-0.4, -0.2) is 63.5 Å². The Kier molecular flexibility index (Phi) is 9.57. The Labute approximate surface area is 240 Å². The highest BCUT2D eigenvalue weighted by Crippen LogP contribution is 2.35. The first-order chi connectivity index (χ1) is 19.8. The summed E-state index contributed by atoms with van der Waals surface area (Å²) in [6.45, 7) is 4.27. The van der Waals surface area contributed by atoms with E-state index in [-0.39, 0.29) is 43.3 Å². The van der Waals surface area contributed by atoms with Gasteiger partial charge in [0.15, 0.2) is 0 Å². The second kappa shape index (κ2) is 13.3. The molecule has 2 aliphatic rings. The summed E-state index contributed by atoms with van der Waals surface area (Å²) in [5.41, 5.74) is 2.37. The highest BCUT2D eigenvalue weighted by molar-refractivity contribution is 6.01. The lowest BCUT2D eigenvalue weighted by molar-refractivity contribution is -0.123. The van der Waals surface area contributed by atoms with Gasteiger partial charge in [0.1, 0.15) is 5.75 Å². The number of nitrogens with one attached hydrogen (secondary N) is 3. The molecule has 4 bridgehead atoms. The predicted molar refractivity (Wildman–Crippen MR) is 159 cm³/mol. The number of methoxy groups -OCH3 is 1. The van der Waals surface area contributed by atoms with Gasteiger partial charge in [-0.15, -0.1) is 0 Å². The average Bonchev–Trinajstić information content (AvgIpc) is 2.99. The van der Waals surface area contributed by atoms with E-state index in [0.717, 1.165) is 22.7 Å². The van der Waals surface area contributed by atoms with Gasteiger partial charge < -0.3 is 30.5 Å². The van der Waals surface area contributed by atoms with E-state index < -0.39 is 6.04 Å². The lowest BCUT2D eigenvalue weighted by Gasteiger charge is -2.31. The number of carbonyl (C=O) groups excluding carboxylic acids is 4. The van der Waals surface area contributed by atoms with Gasteiger partial charge in [0, 0.05) is 36.7 Å². The molecule has 0 spiro atoms. The monoisotopic (exact) mass is 559 g/mol. The minimum absolute atomic E-state index is 0.162. The number of hydrogen-bond donors (Lipinski definition) is 3. The first-order valence-corrected chi connectivity index (χ1v) is 13.7. The molecule has 0 aliphatic carbocycles. The minimum atomic E-state index is -0.395. The van der Waals surface area contributed by atoms with E-state index >= 15 is 0 Å². The zero-order valence-electron chi connectivity index (χ0n) is 23.9. The number of nitrogens with zero attached hydrogens (tertiary/aromatic N) is 2. The molecule has 2 aliphatic heterocycles. The Balaban J connectivity index is 1.80. The summed E-state index contributed by atoms with van der Waals surface area (Å²) in [5.74, 6) is 0.00673. The number of ether oxygens (including phenoxy) is 1. The van der Waals surface area contributed by atoms with Crippen molar-refractivity contribution in [3.05, 3.63) is 65.7 Å². The van der Waals surface area contributed by atoms with Crippen LogP contribution in [0.25, 0.3) is 10.8 Å². The fraction of sp³-hybridized carbons (Fsp3) is 0.355. The number of benzene rings is 3. The smallest absolute Gasteiger partial charge is 0.251 e. The van der Waals surface area contributed by atoms with Crippen LogP contribution in [0.1, 0.15) is 42.6 Å². The maximum atomic E-state index is 13.7. The van der Waals surface area contributed by atoms with Crippen molar-refractivity contribution >= 4 is 46.3 Å². The third kappa shape index (κ3) is 6.66. The number of rotatable bonds is 7. The minimum Gasteiger partial charge on any atom is -0.496 e. The Morgan fingerprint density at radius 3 is 2.56 bits per heavy atom. The lowest BCUT2D eigenvalue weighted by atomic mass is 10.00. The molecule has 10 heteroatoms. The van der Waals surface area contributed by atoms with Crippen LogP contribution in [0.2, 0.25) is 0 Å². The first-order valence-electron chi connectivity index (χ1n) is 13.7. The molecule has 3 aromatic carbocycles. The van der Waals surface area contributed by atoms with Crippen LogP contribution in [0.3, 0.4) is 0 Å². The van der Waals surface area contributed by atoms with Gasteiger partial charge in [-0.05, 0) is 68.4 Å². The molecule has 0 fully saturated rings. The van der Waals surface area contributed by atoms with Crippen molar-refractivity contribution in [2.45, 2.75) is 45.3 Å². The van der Waals surface area contributed by atoms with Gasteiger partial charge in [-0.3, -0.25) is 19.2 Å². The molecule has 0 saturated heterocycles.